The Balaban J connectivity index is 2.10. The second kappa shape index (κ2) is 7.06. The van der Waals surface area contributed by atoms with Gasteiger partial charge in [-0.05, 0) is 31.2 Å². The van der Waals surface area contributed by atoms with Crippen LogP contribution in [0.15, 0.2) is 42.5 Å². The van der Waals surface area contributed by atoms with Gasteiger partial charge in [-0.1, -0.05) is 23.7 Å². The van der Waals surface area contributed by atoms with Crippen molar-refractivity contribution in [1.82, 2.24) is 0 Å². The SMILES string of the molecule is C[C@@H](Oc1ccccc1[N+](=O)[O-])C(=O)Nc1ccc(F)cc1Cl. The molecule has 0 unspecified atom stereocenters. The Labute approximate surface area is 136 Å². The Morgan fingerprint density at radius 3 is 2.70 bits per heavy atom. The quantitative estimate of drug-likeness (QED) is 0.664. The third-order valence-corrected chi connectivity index (χ3v) is 3.24. The van der Waals surface area contributed by atoms with Crippen LogP contribution in [0, 0.1) is 15.9 Å². The number of carbonyl (C=O) groups excluding carboxylic acids is 1. The largest absolute Gasteiger partial charge is 0.474 e. The molecule has 0 saturated carbocycles. The van der Waals surface area contributed by atoms with Gasteiger partial charge in [0.2, 0.25) is 0 Å². The van der Waals surface area contributed by atoms with Crippen molar-refractivity contribution in [2.45, 2.75) is 13.0 Å². The summed E-state index contributed by atoms with van der Waals surface area (Å²) < 4.78 is 18.3. The molecule has 0 radical (unpaired) electrons. The van der Waals surface area contributed by atoms with Gasteiger partial charge < -0.3 is 10.1 Å². The Kier molecular flexibility index (Phi) is 5.13. The average molecular weight is 339 g/mol. The van der Waals surface area contributed by atoms with Crippen molar-refractivity contribution in [2.24, 2.45) is 0 Å². The first-order valence-electron chi connectivity index (χ1n) is 6.54. The Bertz CT molecular complexity index is 754. The molecule has 2 aromatic rings. The molecule has 0 bridgehead atoms. The van der Waals surface area contributed by atoms with Crippen molar-refractivity contribution < 1.29 is 18.8 Å². The third kappa shape index (κ3) is 4.17. The van der Waals surface area contributed by atoms with Gasteiger partial charge in [0.05, 0.1) is 15.6 Å². The molecule has 0 aromatic heterocycles. The maximum absolute atomic E-state index is 13.0. The van der Waals surface area contributed by atoms with Gasteiger partial charge in [0.1, 0.15) is 5.82 Å². The molecule has 6 nitrogen and oxygen atoms in total. The molecule has 120 valence electrons. The fourth-order valence-corrected chi connectivity index (χ4v) is 1.99. The van der Waals surface area contributed by atoms with E-state index in [9.17, 15) is 19.3 Å². The highest BCUT2D eigenvalue weighted by atomic mass is 35.5. The van der Waals surface area contributed by atoms with E-state index in [4.69, 9.17) is 16.3 Å². The number of para-hydroxylation sites is 2. The van der Waals surface area contributed by atoms with Crippen LogP contribution < -0.4 is 10.1 Å². The van der Waals surface area contributed by atoms with E-state index >= 15 is 0 Å². The summed E-state index contributed by atoms with van der Waals surface area (Å²) in [5, 5.41) is 13.4. The minimum atomic E-state index is -1.02. The first-order valence-corrected chi connectivity index (χ1v) is 6.92. The van der Waals surface area contributed by atoms with Crippen molar-refractivity contribution in [2.75, 3.05) is 5.32 Å². The molecule has 2 rings (SSSR count). The fraction of sp³-hybridized carbons (Fsp3) is 0.133. The number of nitro benzene ring substituents is 1. The lowest BCUT2D eigenvalue weighted by Crippen LogP contribution is -2.30. The first-order chi connectivity index (χ1) is 10.9. The van der Waals surface area contributed by atoms with E-state index in [1.165, 1.54) is 31.2 Å². The smallest absolute Gasteiger partial charge is 0.310 e. The lowest BCUT2D eigenvalue weighted by molar-refractivity contribution is -0.386. The van der Waals surface area contributed by atoms with Crippen LogP contribution in [0.1, 0.15) is 6.92 Å². The third-order valence-electron chi connectivity index (χ3n) is 2.92. The van der Waals surface area contributed by atoms with Gasteiger partial charge in [-0.3, -0.25) is 14.9 Å². The summed E-state index contributed by atoms with van der Waals surface area (Å²) >= 11 is 5.82. The van der Waals surface area contributed by atoms with E-state index in [1.54, 1.807) is 6.07 Å². The molecule has 0 saturated heterocycles. The number of amides is 1. The summed E-state index contributed by atoms with van der Waals surface area (Å²) in [7, 11) is 0. The molecule has 23 heavy (non-hydrogen) atoms. The maximum Gasteiger partial charge on any atom is 0.310 e. The number of carbonyl (C=O) groups is 1. The summed E-state index contributed by atoms with van der Waals surface area (Å²) in [5.74, 6) is -1.13. The zero-order chi connectivity index (χ0) is 17.0. The highest BCUT2D eigenvalue weighted by Crippen LogP contribution is 2.27. The Morgan fingerprint density at radius 2 is 2.04 bits per heavy atom. The molecule has 1 amide bonds. The number of nitrogens with zero attached hydrogens (tertiary/aromatic N) is 1. The van der Waals surface area contributed by atoms with Crippen LogP contribution in [0.4, 0.5) is 15.8 Å². The van der Waals surface area contributed by atoms with E-state index < -0.39 is 22.8 Å². The highest BCUT2D eigenvalue weighted by molar-refractivity contribution is 6.33. The summed E-state index contributed by atoms with van der Waals surface area (Å²) in [6, 6.07) is 9.24. The number of anilines is 1. The number of nitrogens with one attached hydrogen (secondary N) is 1. The van der Waals surface area contributed by atoms with Crippen molar-refractivity contribution in [3.63, 3.8) is 0 Å². The average Bonchev–Trinajstić information content (AvgIpc) is 2.50. The fourth-order valence-electron chi connectivity index (χ4n) is 1.78. The number of benzene rings is 2. The second-order valence-electron chi connectivity index (χ2n) is 4.60. The minimum Gasteiger partial charge on any atom is -0.474 e. The zero-order valence-corrected chi connectivity index (χ0v) is 12.7. The summed E-state index contributed by atoms with van der Waals surface area (Å²) in [6.45, 7) is 1.43. The molecule has 0 heterocycles. The molecule has 8 heteroatoms. The van der Waals surface area contributed by atoms with E-state index in [0.717, 1.165) is 12.1 Å². The van der Waals surface area contributed by atoms with Crippen LogP contribution in [0.5, 0.6) is 5.75 Å². The summed E-state index contributed by atoms with van der Waals surface area (Å²) in [6.07, 6.45) is -1.02. The summed E-state index contributed by atoms with van der Waals surface area (Å²) in [5.41, 5.74) is -0.0250. The molecule has 1 N–H and O–H groups in total. The van der Waals surface area contributed by atoms with E-state index in [1.807, 2.05) is 0 Å². The van der Waals surface area contributed by atoms with Crippen LogP contribution in [-0.4, -0.2) is 16.9 Å². The molecule has 0 aliphatic rings. The molecule has 0 spiro atoms. The Morgan fingerprint density at radius 1 is 1.35 bits per heavy atom. The van der Waals surface area contributed by atoms with E-state index in [-0.39, 0.29) is 22.1 Å². The monoisotopic (exact) mass is 338 g/mol. The van der Waals surface area contributed by atoms with Gasteiger partial charge in [-0.15, -0.1) is 0 Å². The summed E-state index contributed by atoms with van der Waals surface area (Å²) in [4.78, 5) is 22.4. The van der Waals surface area contributed by atoms with Crippen molar-refractivity contribution >= 4 is 28.9 Å². The van der Waals surface area contributed by atoms with Crippen LogP contribution >= 0.6 is 11.6 Å². The number of hydrogen-bond acceptors (Lipinski definition) is 4. The van der Waals surface area contributed by atoms with Crippen molar-refractivity contribution in [3.05, 3.63) is 63.4 Å². The number of hydrogen-bond donors (Lipinski definition) is 1. The highest BCUT2D eigenvalue weighted by Gasteiger charge is 2.21. The normalized spacial score (nSPS) is 11.6. The minimum absolute atomic E-state index is 0.0228. The molecular weight excluding hydrogens is 327 g/mol. The predicted molar refractivity (Wildman–Crippen MR) is 83.2 cm³/mol. The first kappa shape index (κ1) is 16.7. The van der Waals surface area contributed by atoms with Gasteiger partial charge in [0.25, 0.3) is 5.91 Å². The standard InChI is InChI=1S/C15H12ClFN2O4/c1-9(23-14-5-3-2-4-13(14)19(21)22)15(20)18-12-7-6-10(17)8-11(12)16/h2-9H,1H3,(H,18,20)/t9-/m1/s1. The molecule has 0 aliphatic heterocycles. The van der Waals surface area contributed by atoms with Gasteiger partial charge >= 0.3 is 5.69 Å². The van der Waals surface area contributed by atoms with Crippen LogP contribution in [-0.2, 0) is 4.79 Å². The van der Waals surface area contributed by atoms with Gasteiger partial charge in [0.15, 0.2) is 11.9 Å². The van der Waals surface area contributed by atoms with Gasteiger partial charge in [-0.2, -0.15) is 0 Å². The number of halogens is 2. The number of rotatable bonds is 5. The number of nitro groups is 1. The van der Waals surface area contributed by atoms with E-state index in [2.05, 4.69) is 5.32 Å². The van der Waals surface area contributed by atoms with Crippen LogP contribution in [0.2, 0.25) is 5.02 Å². The molecule has 0 fully saturated rings. The maximum atomic E-state index is 13.0. The van der Waals surface area contributed by atoms with Gasteiger partial charge in [0, 0.05) is 6.07 Å². The molecule has 2 aromatic carbocycles. The lowest BCUT2D eigenvalue weighted by atomic mass is 10.2. The molecular formula is C15H12ClFN2O4. The second-order valence-corrected chi connectivity index (χ2v) is 5.01. The molecule has 1 atom stereocenters. The van der Waals surface area contributed by atoms with Crippen LogP contribution in [0.3, 0.4) is 0 Å². The zero-order valence-electron chi connectivity index (χ0n) is 12.0. The lowest BCUT2D eigenvalue weighted by Gasteiger charge is -2.15. The Hall–Kier alpha value is -2.67. The van der Waals surface area contributed by atoms with Crippen LogP contribution in [0.25, 0.3) is 0 Å². The van der Waals surface area contributed by atoms with Crippen molar-refractivity contribution in [1.29, 1.82) is 0 Å². The predicted octanol–water partition coefficient (Wildman–Crippen LogP) is 3.79. The number of ether oxygens (including phenoxy) is 1. The van der Waals surface area contributed by atoms with Gasteiger partial charge in [-0.25, -0.2) is 4.39 Å². The van der Waals surface area contributed by atoms with Crippen molar-refractivity contribution in [3.8, 4) is 5.75 Å². The van der Waals surface area contributed by atoms with E-state index in [0.29, 0.717) is 0 Å². The molecule has 0 aliphatic carbocycles. The topological polar surface area (TPSA) is 81.5 Å².